The summed E-state index contributed by atoms with van der Waals surface area (Å²) in [6, 6.07) is 6.50. The number of amides is 1. The molecule has 0 spiro atoms. The van der Waals surface area contributed by atoms with E-state index in [2.05, 4.69) is 10.3 Å². The van der Waals surface area contributed by atoms with Crippen LogP contribution >= 0.6 is 34.8 Å². The van der Waals surface area contributed by atoms with E-state index in [0.717, 1.165) is 10.6 Å². The lowest BCUT2D eigenvalue weighted by molar-refractivity contribution is -0.384. The first-order valence-corrected chi connectivity index (χ1v) is 8.47. The molecule has 138 valence electrons. The molecule has 1 amide bonds. The van der Waals surface area contributed by atoms with Crippen LogP contribution in [-0.4, -0.2) is 20.4 Å². The molecule has 0 fully saturated rings. The largest absolute Gasteiger partial charge is 0.323 e. The van der Waals surface area contributed by atoms with Crippen molar-refractivity contribution < 1.29 is 9.72 Å². The fourth-order valence-corrected chi connectivity index (χ4v) is 3.08. The maximum atomic E-state index is 12.5. The van der Waals surface area contributed by atoms with Crippen molar-refractivity contribution in [1.29, 1.82) is 0 Å². The normalized spacial score (nSPS) is 10.8. The minimum absolute atomic E-state index is 0.0590. The zero-order chi connectivity index (χ0) is 19.7. The van der Waals surface area contributed by atoms with Gasteiger partial charge in [0.15, 0.2) is 0 Å². The van der Waals surface area contributed by atoms with Crippen LogP contribution in [0.4, 0.5) is 11.4 Å². The van der Waals surface area contributed by atoms with E-state index in [4.69, 9.17) is 34.8 Å². The zero-order valence-corrected chi connectivity index (χ0v) is 15.5. The van der Waals surface area contributed by atoms with E-state index in [0.29, 0.717) is 0 Å². The van der Waals surface area contributed by atoms with Crippen LogP contribution < -0.4 is 10.9 Å². The minimum atomic E-state index is -0.617. The highest BCUT2D eigenvalue weighted by Gasteiger charge is 2.14. The van der Waals surface area contributed by atoms with Gasteiger partial charge in [-0.05, 0) is 18.2 Å². The Morgan fingerprint density at radius 3 is 2.63 bits per heavy atom. The lowest BCUT2D eigenvalue weighted by atomic mass is 10.2. The van der Waals surface area contributed by atoms with Crippen LogP contribution in [0, 0.1) is 10.1 Å². The number of hydrogen-bond acceptors (Lipinski definition) is 5. The fourth-order valence-electron chi connectivity index (χ4n) is 2.37. The van der Waals surface area contributed by atoms with Crippen LogP contribution in [0.1, 0.15) is 0 Å². The van der Waals surface area contributed by atoms with Crippen molar-refractivity contribution in [1.82, 2.24) is 9.55 Å². The summed E-state index contributed by atoms with van der Waals surface area (Å²) in [4.78, 5) is 39.1. The molecule has 11 heteroatoms. The molecule has 0 aliphatic rings. The Morgan fingerprint density at radius 1 is 1.19 bits per heavy atom. The van der Waals surface area contributed by atoms with E-state index < -0.39 is 16.4 Å². The number of rotatable bonds is 4. The number of nitrogens with zero attached hydrogens (tertiary/aromatic N) is 3. The highest BCUT2D eigenvalue weighted by Crippen LogP contribution is 2.27. The van der Waals surface area contributed by atoms with Crippen LogP contribution in [0.15, 0.2) is 41.5 Å². The van der Waals surface area contributed by atoms with Gasteiger partial charge in [0.1, 0.15) is 6.54 Å². The molecule has 3 rings (SSSR count). The van der Waals surface area contributed by atoms with Gasteiger partial charge in [-0.2, -0.15) is 0 Å². The first-order chi connectivity index (χ1) is 12.8. The average molecular weight is 428 g/mol. The summed E-state index contributed by atoms with van der Waals surface area (Å²) in [6.07, 6.45) is 1.18. The number of anilines is 1. The molecular weight excluding hydrogens is 419 g/mol. The van der Waals surface area contributed by atoms with E-state index in [1.807, 2.05) is 0 Å². The summed E-state index contributed by atoms with van der Waals surface area (Å²) in [6.45, 7) is -0.384. The minimum Gasteiger partial charge on any atom is -0.323 e. The van der Waals surface area contributed by atoms with Crippen molar-refractivity contribution in [3.63, 3.8) is 0 Å². The van der Waals surface area contributed by atoms with Gasteiger partial charge in [-0.15, -0.1) is 0 Å². The molecule has 0 bridgehead atoms. The summed E-state index contributed by atoms with van der Waals surface area (Å²) >= 11 is 17.9. The van der Waals surface area contributed by atoms with Gasteiger partial charge in [0.2, 0.25) is 5.91 Å². The second-order valence-electron chi connectivity index (χ2n) is 5.43. The fraction of sp³-hybridized carbons (Fsp3) is 0.0625. The summed E-state index contributed by atoms with van der Waals surface area (Å²) in [5.74, 6) is -0.617. The summed E-state index contributed by atoms with van der Waals surface area (Å²) < 4.78 is 1.07. The Bertz CT molecular complexity index is 1150. The summed E-state index contributed by atoms with van der Waals surface area (Å²) in [5.41, 5.74) is -0.415. The molecule has 2 aromatic carbocycles. The molecule has 0 radical (unpaired) electrons. The van der Waals surface area contributed by atoms with Crippen molar-refractivity contribution >= 4 is 63.0 Å². The van der Waals surface area contributed by atoms with Crippen LogP contribution in [0.25, 0.3) is 10.9 Å². The van der Waals surface area contributed by atoms with Crippen molar-refractivity contribution in [3.8, 4) is 0 Å². The number of nitro benzene ring substituents is 1. The molecule has 0 saturated heterocycles. The SMILES string of the molecule is O=C(Cn1cnc2c(Cl)cc(Cl)cc2c1=O)Nc1cc([N+](=O)[O-])ccc1Cl. The molecule has 1 aromatic heterocycles. The standard InChI is InChI=1S/C16H9Cl3N4O4/c17-8-3-10-15(12(19)4-8)20-7-22(16(10)25)6-14(24)21-13-5-9(23(26)27)1-2-11(13)18/h1-5,7H,6H2,(H,21,24). The van der Waals surface area contributed by atoms with Crippen molar-refractivity contribution in [2.75, 3.05) is 5.32 Å². The molecule has 0 aliphatic heterocycles. The Labute approximate surface area is 166 Å². The highest BCUT2D eigenvalue weighted by molar-refractivity contribution is 6.38. The Morgan fingerprint density at radius 2 is 1.93 bits per heavy atom. The molecule has 8 nitrogen and oxygen atoms in total. The molecule has 27 heavy (non-hydrogen) atoms. The van der Waals surface area contributed by atoms with Crippen LogP contribution in [0.2, 0.25) is 15.1 Å². The summed E-state index contributed by atoms with van der Waals surface area (Å²) in [5, 5.41) is 14.0. The van der Waals surface area contributed by atoms with Gasteiger partial charge in [-0.25, -0.2) is 4.98 Å². The second-order valence-corrected chi connectivity index (χ2v) is 6.68. The van der Waals surface area contributed by atoms with Crippen LogP contribution in [0.3, 0.4) is 0 Å². The van der Waals surface area contributed by atoms with Gasteiger partial charge in [-0.3, -0.25) is 24.3 Å². The van der Waals surface area contributed by atoms with Crippen LogP contribution in [0.5, 0.6) is 0 Å². The van der Waals surface area contributed by atoms with Gasteiger partial charge in [0.05, 0.1) is 37.9 Å². The molecule has 0 unspecified atom stereocenters. The monoisotopic (exact) mass is 426 g/mol. The smallest absolute Gasteiger partial charge is 0.271 e. The maximum absolute atomic E-state index is 12.5. The summed E-state index contributed by atoms with van der Waals surface area (Å²) in [7, 11) is 0. The molecular formula is C16H9Cl3N4O4. The number of benzene rings is 2. The van der Waals surface area contributed by atoms with Gasteiger partial charge < -0.3 is 5.32 Å². The number of non-ortho nitro benzene ring substituents is 1. The Balaban J connectivity index is 1.89. The molecule has 0 aliphatic carbocycles. The molecule has 3 aromatic rings. The number of nitrogens with one attached hydrogen (secondary N) is 1. The zero-order valence-electron chi connectivity index (χ0n) is 13.3. The van der Waals surface area contributed by atoms with Gasteiger partial charge in [0.25, 0.3) is 11.2 Å². The van der Waals surface area contributed by atoms with Crippen molar-refractivity contribution in [2.24, 2.45) is 0 Å². The number of nitro groups is 1. The lowest BCUT2D eigenvalue weighted by Crippen LogP contribution is -2.28. The third kappa shape index (κ3) is 4.02. The van der Waals surface area contributed by atoms with E-state index in [-0.39, 0.29) is 43.9 Å². The van der Waals surface area contributed by atoms with Gasteiger partial charge >= 0.3 is 0 Å². The second kappa shape index (κ2) is 7.51. The third-order valence-corrected chi connectivity index (χ3v) is 4.43. The Hall–Kier alpha value is -2.68. The highest BCUT2D eigenvalue weighted by atomic mass is 35.5. The first kappa shape index (κ1) is 19.1. The number of hydrogen-bond donors (Lipinski definition) is 1. The van der Waals surface area contributed by atoms with Gasteiger partial charge in [0, 0.05) is 17.2 Å². The molecule has 1 heterocycles. The quantitative estimate of drug-likeness (QED) is 0.502. The molecule has 0 atom stereocenters. The topological polar surface area (TPSA) is 107 Å². The van der Waals surface area contributed by atoms with E-state index in [1.165, 1.54) is 30.6 Å². The van der Waals surface area contributed by atoms with Crippen molar-refractivity contribution in [2.45, 2.75) is 6.54 Å². The third-order valence-electron chi connectivity index (χ3n) is 3.59. The predicted octanol–water partition coefficient (Wildman–Crippen LogP) is 3.90. The average Bonchev–Trinajstić information content (AvgIpc) is 2.59. The van der Waals surface area contributed by atoms with E-state index in [9.17, 15) is 19.7 Å². The van der Waals surface area contributed by atoms with Gasteiger partial charge in [-0.1, -0.05) is 34.8 Å². The Kier molecular flexibility index (Phi) is 5.31. The predicted molar refractivity (Wildman–Crippen MR) is 103 cm³/mol. The number of carbonyl (C=O) groups excluding carboxylic acids is 1. The number of halogens is 3. The lowest BCUT2D eigenvalue weighted by Gasteiger charge is -2.10. The van der Waals surface area contributed by atoms with Crippen molar-refractivity contribution in [3.05, 3.63) is 72.2 Å². The number of fused-ring (bicyclic) bond motifs is 1. The number of carbonyl (C=O) groups is 1. The molecule has 0 saturated carbocycles. The first-order valence-electron chi connectivity index (χ1n) is 7.34. The molecule has 1 N–H and O–H groups in total. The maximum Gasteiger partial charge on any atom is 0.271 e. The number of aromatic nitrogens is 2. The van der Waals surface area contributed by atoms with E-state index >= 15 is 0 Å². The van der Waals surface area contributed by atoms with Crippen LogP contribution in [-0.2, 0) is 11.3 Å². The van der Waals surface area contributed by atoms with E-state index in [1.54, 1.807) is 0 Å².